The van der Waals surface area contributed by atoms with Gasteiger partial charge < -0.3 is 0 Å². The van der Waals surface area contributed by atoms with E-state index < -0.39 is 0 Å². The van der Waals surface area contributed by atoms with Gasteiger partial charge in [0.2, 0.25) is 0 Å². The van der Waals surface area contributed by atoms with Crippen LogP contribution in [0.25, 0.3) is 0 Å². The molecule has 0 bridgehead atoms. The predicted octanol–water partition coefficient (Wildman–Crippen LogP) is 3.39. The third kappa shape index (κ3) is 1.12. The molecule has 0 saturated heterocycles. The highest BCUT2D eigenvalue weighted by atomic mass is 14.4. The van der Waals surface area contributed by atoms with Crippen molar-refractivity contribution in [2.45, 2.75) is 40.0 Å². The second-order valence-electron chi connectivity index (χ2n) is 4.11. The van der Waals surface area contributed by atoms with Gasteiger partial charge in [-0.15, -0.1) is 0 Å². The third-order valence-corrected chi connectivity index (χ3v) is 2.93. The Hall–Kier alpha value is -0.260. The van der Waals surface area contributed by atoms with Crippen molar-refractivity contribution in [2.24, 2.45) is 11.3 Å². The number of hydrogen-bond acceptors (Lipinski definition) is 0. The predicted molar refractivity (Wildman–Crippen MR) is 45.9 cm³/mol. The van der Waals surface area contributed by atoms with Crippen LogP contribution in [0.1, 0.15) is 40.0 Å². The Kier molecular flexibility index (Phi) is 1.89. The van der Waals surface area contributed by atoms with E-state index in [0.717, 1.165) is 5.92 Å². The Morgan fingerprint density at radius 1 is 1.60 bits per heavy atom. The van der Waals surface area contributed by atoms with Gasteiger partial charge in [0, 0.05) is 0 Å². The van der Waals surface area contributed by atoms with E-state index in [0.29, 0.717) is 5.41 Å². The molecule has 10 heavy (non-hydrogen) atoms. The summed E-state index contributed by atoms with van der Waals surface area (Å²) < 4.78 is 0. The van der Waals surface area contributed by atoms with Gasteiger partial charge in [-0.05, 0) is 30.6 Å². The van der Waals surface area contributed by atoms with Crippen LogP contribution < -0.4 is 0 Å². The van der Waals surface area contributed by atoms with E-state index in [4.69, 9.17) is 0 Å². The molecule has 0 heteroatoms. The molecule has 1 aliphatic rings. The Morgan fingerprint density at radius 3 is 2.40 bits per heavy atom. The first-order valence-corrected chi connectivity index (χ1v) is 4.25. The van der Waals surface area contributed by atoms with Crippen molar-refractivity contribution in [3.8, 4) is 0 Å². The van der Waals surface area contributed by atoms with Crippen LogP contribution in [-0.4, -0.2) is 0 Å². The zero-order valence-electron chi connectivity index (χ0n) is 7.41. The lowest BCUT2D eigenvalue weighted by Crippen LogP contribution is -2.16. The fourth-order valence-electron chi connectivity index (χ4n) is 2.23. The molecule has 1 fully saturated rings. The van der Waals surface area contributed by atoms with Crippen LogP contribution in [0.2, 0.25) is 0 Å². The summed E-state index contributed by atoms with van der Waals surface area (Å²) in [5, 5.41) is 0. The molecule has 0 spiro atoms. The summed E-state index contributed by atoms with van der Waals surface area (Å²) in [6, 6.07) is 0. The van der Waals surface area contributed by atoms with Crippen LogP contribution in [0, 0.1) is 11.3 Å². The van der Waals surface area contributed by atoms with Crippen LogP contribution in [0.5, 0.6) is 0 Å². The average Bonchev–Trinajstić information content (AvgIpc) is 2.07. The monoisotopic (exact) mass is 138 g/mol. The van der Waals surface area contributed by atoms with Crippen LogP contribution in [0.3, 0.4) is 0 Å². The quantitative estimate of drug-likeness (QED) is 0.487. The largest absolute Gasteiger partial charge is 0.0996 e. The summed E-state index contributed by atoms with van der Waals surface area (Å²) in [5.74, 6) is 0.785. The Morgan fingerprint density at radius 2 is 2.20 bits per heavy atom. The molecular weight excluding hydrogens is 120 g/mol. The van der Waals surface area contributed by atoms with Crippen molar-refractivity contribution in [1.29, 1.82) is 0 Å². The fourth-order valence-corrected chi connectivity index (χ4v) is 2.23. The number of rotatable bonds is 1. The molecular formula is C10H18. The molecule has 0 radical (unpaired) electrons. The molecule has 1 saturated carbocycles. The highest BCUT2D eigenvalue weighted by Gasteiger charge is 2.35. The maximum absolute atomic E-state index is 4.10. The summed E-state index contributed by atoms with van der Waals surface area (Å²) in [4.78, 5) is 0. The van der Waals surface area contributed by atoms with E-state index in [1.165, 1.54) is 24.8 Å². The van der Waals surface area contributed by atoms with Crippen molar-refractivity contribution in [3.63, 3.8) is 0 Å². The van der Waals surface area contributed by atoms with Gasteiger partial charge in [0.25, 0.3) is 0 Å². The summed E-state index contributed by atoms with van der Waals surface area (Å²) in [6.45, 7) is 11.1. The maximum atomic E-state index is 4.10. The normalized spacial score (nSPS) is 31.1. The lowest BCUT2D eigenvalue weighted by Gasteiger charge is -2.25. The third-order valence-electron chi connectivity index (χ3n) is 2.93. The van der Waals surface area contributed by atoms with Crippen LogP contribution in [-0.2, 0) is 0 Å². The smallest absolute Gasteiger partial charge is 0.0157 e. The first-order valence-electron chi connectivity index (χ1n) is 4.25. The lowest BCUT2D eigenvalue weighted by atomic mass is 9.79. The molecule has 0 amide bonds. The highest BCUT2D eigenvalue weighted by Crippen LogP contribution is 2.46. The molecule has 0 nitrogen and oxygen atoms in total. The Labute approximate surface area is 64.3 Å². The second-order valence-corrected chi connectivity index (χ2v) is 4.11. The number of allylic oxidation sites excluding steroid dienone is 1. The minimum Gasteiger partial charge on any atom is -0.0996 e. The molecule has 0 aromatic heterocycles. The van der Waals surface area contributed by atoms with Crippen LogP contribution in [0.15, 0.2) is 12.2 Å². The minimum atomic E-state index is 0.534. The first kappa shape index (κ1) is 7.84. The molecule has 1 unspecified atom stereocenters. The highest BCUT2D eigenvalue weighted by molar-refractivity contribution is 5.11. The van der Waals surface area contributed by atoms with E-state index in [1.54, 1.807) is 0 Å². The van der Waals surface area contributed by atoms with Crippen molar-refractivity contribution in [3.05, 3.63) is 12.2 Å². The van der Waals surface area contributed by atoms with Crippen molar-refractivity contribution in [2.75, 3.05) is 0 Å². The topological polar surface area (TPSA) is 0 Å². The molecule has 0 aromatic rings. The van der Waals surface area contributed by atoms with Gasteiger partial charge in [-0.1, -0.05) is 32.9 Å². The zero-order chi connectivity index (χ0) is 7.78. The summed E-state index contributed by atoms with van der Waals surface area (Å²) in [5.41, 5.74) is 2.01. The van der Waals surface area contributed by atoms with E-state index in [9.17, 15) is 0 Å². The zero-order valence-corrected chi connectivity index (χ0v) is 7.41. The van der Waals surface area contributed by atoms with Gasteiger partial charge >= 0.3 is 0 Å². The minimum absolute atomic E-state index is 0.534. The standard InChI is InChI=1S/C10H18/c1-5-9-8(2)6-7-10(9,3)4/h9H,2,5-7H2,1,3-4H3. The number of hydrogen-bond donors (Lipinski definition) is 0. The van der Waals surface area contributed by atoms with E-state index in [1.807, 2.05) is 0 Å². The van der Waals surface area contributed by atoms with Gasteiger partial charge in [0.1, 0.15) is 0 Å². The average molecular weight is 138 g/mol. The lowest BCUT2D eigenvalue weighted by molar-refractivity contribution is 0.275. The van der Waals surface area contributed by atoms with Crippen molar-refractivity contribution >= 4 is 0 Å². The van der Waals surface area contributed by atoms with Crippen LogP contribution in [0.4, 0.5) is 0 Å². The summed E-state index contributed by atoms with van der Waals surface area (Å²) in [6.07, 6.45) is 3.86. The molecule has 0 heterocycles. The van der Waals surface area contributed by atoms with Gasteiger partial charge in [-0.2, -0.15) is 0 Å². The molecule has 1 rings (SSSR count). The maximum Gasteiger partial charge on any atom is -0.0157 e. The van der Waals surface area contributed by atoms with Crippen molar-refractivity contribution < 1.29 is 0 Å². The van der Waals surface area contributed by atoms with E-state index in [2.05, 4.69) is 27.4 Å². The molecule has 1 aliphatic carbocycles. The molecule has 58 valence electrons. The Bertz CT molecular complexity index is 142. The SMILES string of the molecule is C=C1CCC(C)(C)C1CC. The van der Waals surface area contributed by atoms with Gasteiger partial charge in [0.05, 0.1) is 0 Å². The van der Waals surface area contributed by atoms with E-state index >= 15 is 0 Å². The first-order chi connectivity index (χ1) is 4.58. The molecule has 0 aromatic carbocycles. The fraction of sp³-hybridized carbons (Fsp3) is 0.800. The van der Waals surface area contributed by atoms with Crippen LogP contribution >= 0.6 is 0 Å². The van der Waals surface area contributed by atoms with Crippen molar-refractivity contribution in [1.82, 2.24) is 0 Å². The molecule has 0 N–H and O–H groups in total. The summed E-state index contributed by atoms with van der Waals surface area (Å²) >= 11 is 0. The molecule has 0 aliphatic heterocycles. The van der Waals surface area contributed by atoms with Gasteiger partial charge in [0.15, 0.2) is 0 Å². The summed E-state index contributed by atoms with van der Waals surface area (Å²) in [7, 11) is 0. The second kappa shape index (κ2) is 2.41. The Balaban J connectivity index is 2.73. The van der Waals surface area contributed by atoms with Gasteiger partial charge in [-0.25, -0.2) is 0 Å². The van der Waals surface area contributed by atoms with E-state index in [-0.39, 0.29) is 0 Å². The molecule has 1 atom stereocenters. The van der Waals surface area contributed by atoms with Gasteiger partial charge in [-0.3, -0.25) is 0 Å².